The number of hydrogen-bond acceptors (Lipinski definition) is 4. The van der Waals surface area contributed by atoms with E-state index in [0.717, 1.165) is 12.8 Å². The third-order valence-corrected chi connectivity index (χ3v) is 2.89. The number of fused-ring (bicyclic) bond motifs is 1. The van der Waals surface area contributed by atoms with Crippen LogP contribution in [0.2, 0.25) is 0 Å². The van der Waals surface area contributed by atoms with Crippen molar-refractivity contribution in [3.05, 3.63) is 18.2 Å². The van der Waals surface area contributed by atoms with Crippen molar-refractivity contribution in [1.82, 2.24) is 0 Å². The van der Waals surface area contributed by atoms with Gasteiger partial charge in [-0.05, 0) is 18.6 Å². The third-order valence-electron chi connectivity index (χ3n) is 2.89. The van der Waals surface area contributed by atoms with E-state index >= 15 is 0 Å². The number of unbranched alkanes of at least 4 members (excludes halogenated alkanes) is 1. The molecular weight excluding hydrogens is 272 g/mol. The molecule has 1 aliphatic heterocycles. The average molecular weight is 287 g/mol. The summed E-state index contributed by atoms with van der Waals surface area (Å²) >= 11 is 0. The first-order chi connectivity index (χ1) is 9.41. The third kappa shape index (κ3) is 3.28. The molecule has 5 nitrogen and oxygen atoms in total. The Morgan fingerprint density at radius 1 is 1.40 bits per heavy atom. The van der Waals surface area contributed by atoms with Crippen molar-refractivity contribution in [2.75, 3.05) is 5.32 Å². The van der Waals surface area contributed by atoms with E-state index in [1.807, 2.05) is 6.92 Å². The Morgan fingerprint density at radius 3 is 2.75 bits per heavy atom. The molecule has 0 aliphatic carbocycles. The molecule has 0 saturated heterocycles. The van der Waals surface area contributed by atoms with Crippen LogP contribution in [-0.2, 0) is 4.79 Å². The van der Waals surface area contributed by atoms with E-state index in [2.05, 4.69) is 14.8 Å². The van der Waals surface area contributed by atoms with Crippen LogP contribution in [0.5, 0.6) is 11.5 Å². The van der Waals surface area contributed by atoms with Gasteiger partial charge in [0, 0.05) is 11.8 Å². The predicted molar refractivity (Wildman–Crippen MR) is 67.2 cm³/mol. The molecule has 1 aliphatic rings. The van der Waals surface area contributed by atoms with Gasteiger partial charge in [0.2, 0.25) is 0 Å². The zero-order chi connectivity index (χ0) is 14.8. The number of nitrogens with one attached hydrogen (secondary N) is 1. The van der Waals surface area contributed by atoms with Crippen LogP contribution in [0.25, 0.3) is 0 Å². The van der Waals surface area contributed by atoms with Gasteiger partial charge in [-0.25, -0.2) is 4.79 Å². The minimum Gasteiger partial charge on any atom is -0.480 e. The van der Waals surface area contributed by atoms with E-state index in [1.54, 1.807) is 0 Å². The molecule has 7 heteroatoms. The number of carbonyl (C=O) groups is 1. The molecule has 0 saturated carbocycles. The second kappa shape index (κ2) is 5.52. The Balaban J connectivity index is 2.09. The summed E-state index contributed by atoms with van der Waals surface area (Å²) in [4.78, 5) is 11.1. The topological polar surface area (TPSA) is 67.8 Å². The molecule has 2 N–H and O–H groups in total. The lowest BCUT2D eigenvalue weighted by atomic mass is 10.1. The highest BCUT2D eigenvalue weighted by atomic mass is 19.3. The zero-order valence-electron chi connectivity index (χ0n) is 10.9. The lowest BCUT2D eigenvalue weighted by Crippen LogP contribution is -2.29. The van der Waals surface area contributed by atoms with Gasteiger partial charge in [-0.1, -0.05) is 19.8 Å². The Bertz CT molecular complexity index is 507. The van der Waals surface area contributed by atoms with Gasteiger partial charge < -0.3 is 19.9 Å². The number of carboxylic acid groups (broad SMARTS) is 1. The molecule has 0 amide bonds. The van der Waals surface area contributed by atoms with Crippen LogP contribution in [0.4, 0.5) is 14.5 Å². The molecule has 1 unspecified atom stereocenters. The van der Waals surface area contributed by atoms with Crippen molar-refractivity contribution in [2.24, 2.45) is 0 Å². The molecule has 2 rings (SSSR count). The number of rotatable bonds is 6. The summed E-state index contributed by atoms with van der Waals surface area (Å²) in [6.45, 7) is 1.96. The predicted octanol–water partition coefficient (Wildman–Crippen LogP) is 3.06. The van der Waals surface area contributed by atoms with Crippen LogP contribution in [-0.4, -0.2) is 23.4 Å². The summed E-state index contributed by atoms with van der Waals surface area (Å²) < 4.78 is 34.3. The highest BCUT2D eigenvalue weighted by Crippen LogP contribution is 2.42. The van der Waals surface area contributed by atoms with Gasteiger partial charge in [0.15, 0.2) is 11.5 Å². The van der Waals surface area contributed by atoms with E-state index in [1.165, 1.54) is 18.2 Å². The lowest BCUT2D eigenvalue weighted by molar-refractivity contribution is -0.286. The molecule has 0 fully saturated rings. The first-order valence-electron chi connectivity index (χ1n) is 6.30. The highest BCUT2D eigenvalue weighted by molar-refractivity contribution is 5.77. The molecule has 1 aromatic rings. The molecule has 0 aromatic heterocycles. The number of carboxylic acids is 1. The second-order valence-electron chi connectivity index (χ2n) is 4.51. The Hall–Kier alpha value is -2.05. The maximum absolute atomic E-state index is 12.9. The first kappa shape index (κ1) is 14.4. The largest absolute Gasteiger partial charge is 0.586 e. The maximum atomic E-state index is 12.9. The molecule has 0 spiro atoms. The van der Waals surface area contributed by atoms with E-state index in [-0.39, 0.29) is 11.5 Å². The van der Waals surface area contributed by atoms with Gasteiger partial charge >= 0.3 is 12.3 Å². The van der Waals surface area contributed by atoms with Crippen LogP contribution < -0.4 is 14.8 Å². The van der Waals surface area contributed by atoms with Crippen LogP contribution in [0, 0.1) is 0 Å². The zero-order valence-corrected chi connectivity index (χ0v) is 10.9. The van der Waals surface area contributed by atoms with E-state index in [4.69, 9.17) is 5.11 Å². The van der Waals surface area contributed by atoms with Crippen molar-refractivity contribution in [1.29, 1.82) is 0 Å². The summed E-state index contributed by atoms with van der Waals surface area (Å²) in [5.41, 5.74) is 0.397. The number of halogens is 2. The smallest absolute Gasteiger partial charge is 0.480 e. The summed E-state index contributed by atoms with van der Waals surface area (Å²) in [5, 5.41) is 11.9. The number of aliphatic carboxylic acids is 1. The Kier molecular flexibility index (Phi) is 3.96. The second-order valence-corrected chi connectivity index (χ2v) is 4.51. The van der Waals surface area contributed by atoms with Gasteiger partial charge in [0.25, 0.3) is 0 Å². The van der Waals surface area contributed by atoms with Crippen molar-refractivity contribution in [3.63, 3.8) is 0 Å². The van der Waals surface area contributed by atoms with Gasteiger partial charge in [-0.2, -0.15) is 0 Å². The van der Waals surface area contributed by atoms with Gasteiger partial charge in [0.05, 0.1) is 0 Å². The summed E-state index contributed by atoms with van der Waals surface area (Å²) in [6.07, 6.45) is -1.59. The number of alkyl halides is 2. The van der Waals surface area contributed by atoms with E-state index in [9.17, 15) is 13.6 Å². The lowest BCUT2D eigenvalue weighted by Gasteiger charge is -2.15. The molecule has 1 heterocycles. The minimum absolute atomic E-state index is 0.0685. The summed E-state index contributed by atoms with van der Waals surface area (Å²) in [6, 6.07) is 3.33. The first-order valence-corrected chi connectivity index (χ1v) is 6.30. The minimum atomic E-state index is -3.67. The number of benzene rings is 1. The van der Waals surface area contributed by atoms with Crippen molar-refractivity contribution in [2.45, 2.75) is 38.5 Å². The standard InChI is InChI=1S/C13H15F2NO4/c1-2-3-4-9(12(17)18)16-8-5-6-10-11(7-8)20-13(14,15)19-10/h5-7,9,16H,2-4H2,1H3,(H,17,18). The monoisotopic (exact) mass is 287 g/mol. The number of anilines is 1. The molecule has 1 atom stereocenters. The van der Waals surface area contributed by atoms with E-state index < -0.39 is 18.3 Å². The van der Waals surface area contributed by atoms with E-state index in [0.29, 0.717) is 12.1 Å². The van der Waals surface area contributed by atoms with Crippen molar-refractivity contribution in [3.8, 4) is 11.5 Å². The molecule has 110 valence electrons. The Labute approximate surface area is 114 Å². The SMILES string of the molecule is CCCCC(Nc1ccc2c(c1)OC(F)(F)O2)C(=O)O. The fourth-order valence-electron chi connectivity index (χ4n) is 1.91. The Morgan fingerprint density at radius 2 is 2.10 bits per heavy atom. The summed E-state index contributed by atoms with van der Waals surface area (Å²) in [5.74, 6) is -1.16. The molecule has 0 bridgehead atoms. The molecule has 20 heavy (non-hydrogen) atoms. The maximum Gasteiger partial charge on any atom is 0.586 e. The fourth-order valence-corrected chi connectivity index (χ4v) is 1.91. The molecule has 1 aromatic carbocycles. The highest BCUT2D eigenvalue weighted by Gasteiger charge is 2.43. The molecule has 0 radical (unpaired) electrons. The van der Waals surface area contributed by atoms with Crippen LogP contribution in [0.15, 0.2) is 18.2 Å². The normalized spacial score (nSPS) is 16.8. The van der Waals surface area contributed by atoms with Crippen LogP contribution >= 0.6 is 0 Å². The van der Waals surface area contributed by atoms with Crippen molar-refractivity contribution < 1.29 is 28.2 Å². The molecular formula is C13H15F2NO4. The van der Waals surface area contributed by atoms with Crippen LogP contribution in [0.1, 0.15) is 26.2 Å². The quantitative estimate of drug-likeness (QED) is 0.841. The van der Waals surface area contributed by atoms with Gasteiger partial charge in [0.1, 0.15) is 6.04 Å². The van der Waals surface area contributed by atoms with Gasteiger partial charge in [-0.3, -0.25) is 0 Å². The number of hydrogen-bond donors (Lipinski definition) is 2. The van der Waals surface area contributed by atoms with Crippen molar-refractivity contribution >= 4 is 11.7 Å². The number of ether oxygens (including phenoxy) is 2. The summed E-state index contributed by atoms with van der Waals surface area (Å²) in [7, 11) is 0. The fraction of sp³-hybridized carbons (Fsp3) is 0.462. The average Bonchev–Trinajstić information content (AvgIpc) is 2.67. The van der Waals surface area contributed by atoms with Gasteiger partial charge in [-0.15, -0.1) is 8.78 Å². The van der Waals surface area contributed by atoms with Crippen LogP contribution in [0.3, 0.4) is 0 Å².